The van der Waals surface area contributed by atoms with Crippen molar-refractivity contribution >= 4 is 20.5 Å². The van der Waals surface area contributed by atoms with Gasteiger partial charge in [-0.1, -0.05) is 19.1 Å². The van der Waals surface area contributed by atoms with E-state index in [0.29, 0.717) is 0 Å². The lowest BCUT2D eigenvalue weighted by Crippen LogP contribution is -2.19. The van der Waals surface area contributed by atoms with Gasteiger partial charge in [0.2, 0.25) is 0 Å². The van der Waals surface area contributed by atoms with Crippen molar-refractivity contribution in [3.05, 3.63) is 29.8 Å². The fourth-order valence-electron chi connectivity index (χ4n) is 4.21. The van der Waals surface area contributed by atoms with Crippen LogP contribution in [0.15, 0.2) is 24.3 Å². The first kappa shape index (κ1) is 19.8. The summed E-state index contributed by atoms with van der Waals surface area (Å²) in [6.45, 7) is 2.26. The molecule has 0 aromatic heterocycles. The van der Waals surface area contributed by atoms with Crippen molar-refractivity contribution in [3.8, 4) is 0 Å². The van der Waals surface area contributed by atoms with Gasteiger partial charge in [0.05, 0.1) is 16.6 Å². The van der Waals surface area contributed by atoms with E-state index in [2.05, 4.69) is 31.2 Å². The smallest absolute Gasteiger partial charge is 0.418 e. The summed E-state index contributed by atoms with van der Waals surface area (Å²) in [5.41, 5.74) is 3.67. The number of benzene rings is 1. The van der Waals surface area contributed by atoms with Crippen LogP contribution in [0.1, 0.15) is 63.9 Å². The Balaban J connectivity index is 0.000000368. The quantitative estimate of drug-likeness (QED) is 0.336. The van der Waals surface area contributed by atoms with Gasteiger partial charge in [0, 0.05) is 7.92 Å². The van der Waals surface area contributed by atoms with Crippen LogP contribution < -0.4 is 5.30 Å². The maximum absolute atomic E-state index is 9.75. The van der Waals surface area contributed by atoms with Gasteiger partial charge in [-0.2, -0.15) is 0 Å². The number of aryl methyl sites for hydroxylation is 1. The Morgan fingerprint density at radius 3 is 1.54 bits per heavy atom. The number of rotatable bonds is 4. The molecule has 0 heterocycles. The molecule has 0 aliphatic heterocycles. The zero-order valence-electron chi connectivity index (χ0n) is 14.4. The molecule has 0 nitrogen and oxygen atoms in total. The van der Waals surface area contributed by atoms with Crippen molar-refractivity contribution in [2.24, 2.45) is 0 Å². The van der Waals surface area contributed by atoms with Gasteiger partial charge >= 0.3 is 7.25 Å². The van der Waals surface area contributed by atoms with E-state index in [1.807, 2.05) is 0 Å². The summed E-state index contributed by atoms with van der Waals surface area (Å²) in [7, 11) is -6.30. The maximum Gasteiger partial charge on any atom is 0.673 e. The Kier molecular flexibility index (Phi) is 7.59. The van der Waals surface area contributed by atoms with Gasteiger partial charge in [0.25, 0.3) is 0 Å². The molecule has 0 unspecified atom stereocenters. The van der Waals surface area contributed by atoms with E-state index in [1.54, 1.807) is 5.30 Å². The van der Waals surface area contributed by atoms with E-state index in [9.17, 15) is 17.3 Å². The lowest BCUT2D eigenvalue weighted by Gasteiger charge is -2.22. The van der Waals surface area contributed by atoms with E-state index < -0.39 is 7.25 Å². The second-order valence-electron chi connectivity index (χ2n) is 6.96. The van der Waals surface area contributed by atoms with Crippen LogP contribution in [0.3, 0.4) is 0 Å². The van der Waals surface area contributed by atoms with Crippen LogP contribution in [0.25, 0.3) is 0 Å². The Morgan fingerprint density at radius 2 is 1.21 bits per heavy atom. The molecule has 0 radical (unpaired) electrons. The predicted octanol–water partition coefficient (Wildman–Crippen LogP) is 6.27. The average molecular weight is 362 g/mol. The molecule has 136 valence electrons. The van der Waals surface area contributed by atoms with Crippen molar-refractivity contribution in [1.29, 1.82) is 0 Å². The third-order valence-corrected chi connectivity index (χ3v) is 9.20. The monoisotopic (exact) mass is 362 g/mol. The molecule has 0 bridgehead atoms. The molecule has 2 aliphatic carbocycles. The van der Waals surface area contributed by atoms with Gasteiger partial charge < -0.3 is 17.3 Å². The highest BCUT2D eigenvalue weighted by Gasteiger charge is 2.40. The highest BCUT2D eigenvalue weighted by atomic mass is 31.1. The summed E-state index contributed by atoms with van der Waals surface area (Å²) in [6.07, 6.45) is 13.3. The van der Waals surface area contributed by atoms with Crippen LogP contribution in [0.2, 0.25) is 0 Å². The van der Waals surface area contributed by atoms with E-state index >= 15 is 0 Å². The summed E-state index contributed by atoms with van der Waals surface area (Å²) in [5, 5.41) is 1.75. The Labute approximate surface area is 144 Å². The Hall–Kier alpha value is -0.565. The third kappa shape index (κ3) is 6.39. The topological polar surface area (TPSA) is 0 Å². The molecule has 0 saturated heterocycles. The van der Waals surface area contributed by atoms with Crippen LogP contribution >= 0.6 is 7.92 Å². The highest BCUT2D eigenvalue weighted by Crippen LogP contribution is 2.56. The summed E-state index contributed by atoms with van der Waals surface area (Å²) in [6, 6.07) is 9.77. The zero-order valence-corrected chi connectivity index (χ0v) is 15.4. The first-order valence-electron chi connectivity index (χ1n) is 9.22. The fourth-order valence-corrected chi connectivity index (χ4v) is 8.43. The van der Waals surface area contributed by atoms with Gasteiger partial charge in [-0.05, 0) is 75.5 Å². The average Bonchev–Trinajstić information content (AvgIpc) is 3.20. The minimum absolute atomic E-state index is 0.302. The van der Waals surface area contributed by atoms with Crippen LogP contribution in [-0.2, 0) is 6.42 Å². The molecule has 0 spiro atoms. The molecular weight excluding hydrogens is 334 g/mol. The van der Waals surface area contributed by atoms with E-state index in [-0.39, 0.29) is 7.92 Å². The second-order valence-corrected chi connectivity index (χ2v) is 10.1. The molecule has 0 atom stereocenters. The molecule has 0 N–H and O–H groups in total. The van der Waals surface area contributed by atoms with Crippen molar-refractivity contribution in [2.45, 2.75) is 76.0 Å². The van der Waals surface area contributed by atoms with Crippen LogP contribution in [0.4, 0.5) is 17.3 Å². The summed E-state index contributed by atoms with van der Waals surface area (Å²) in [4.78, 5) is 0. The molecule has 0 amide bonds. The largest absolute Gasteiger partial charge is 0.673 e. The molecular formula is C18H28BF4P. The fraction of sp³-hybridized carbons (Fsp3) is 0.667. The molecule has 1 aromatic carbocycles. The van der Waals surface area contributed by atoms with Crippen molar-refractivity contribution < 1.29 is 17.3 Å². The maximum atomic E-state index is 9.75. The van der Waals surface area contributed by atoms with E-state index in [1.165, 1.54) is 63.4 Å². The van der Waals surface area contributed by atoms with E-state index in [4.69, 9.17) is 0 Å². The first-order chi connectivity index (χ1) is 11.4. The van der Waals surface area contributed by atoms with Crippen LogP contribution in [-0.4, -0.2) is 18.6 Å². The van der Waals surface area contributed by atoms with Gasteiger partial charge in [0.15, 0.2) is 0 Å². The minimum Gasteiger partial charge on any atom is -0.418 e. The molecule has 24 heavy (non-hydrogen) atoms. The minimum atomic E-state index is -6.00. The Bertz CT molecular complexity index is 455. The molecule has 2 saturated carbocycles. The van der Waals surface area contributed by atoms with Crippen molar-refractivity contribution in [1.82, 2.24) is 0 Å². The van der Waals surface area contributed by atoms with Gasteiger partial charge in [-0.3, -0.25) is 0 Å². The molecule has 2 fully saturated rings. The predicted molar refractivity (Wildman–Crippen MR) is 98.5 cm³/mol. The lowest BCUT2D eigenvalue weighted by atomic mass is 10.2. The van der Waals surface area contributed by atoms with Crippen molar-refractivity contribution in [3.63, 3.8) is 0 Å². The van der Waals surface area contributed by atoms with Crippen LogP contribution in [0, 0.1) is 0 Å². The molecule has 2 aliphatic rings. The number of hydrogen-bond donors (Lipinski definition) is 0. The first-order valence-corrected chi connectivity index (χ1v) is 10.9. The Morgan fingerprint density at radius 1 is 0.833 bits per heavy atom. The van der Waals surface area contributed by atoms with Gasteiger partial charge in [0.1, 0.15) is 0 Å². The molecule has 6 heteroatoms. The van der Waals surface area contributed by atoms with Crippen LogP contribution in [0.5, 0.6) is 0 Å². The van der Waals surface area contributed by atoms with Gasteiger partial charge in [-0.25, -0.2) is 0 Å². The van der Waals surface area contributed by atoms with Gasteiger partial charge in [-0.15, -0.1) is 0 Å². The standard InChI is InChI=1S/C18H27P.BF4/c1-2-15-11-13-18(14-12-15)19(16-7-3-4-8-16)17-9-5-6-10-17;2-1(3,4)5/h11-14,16-17H,2-10H2,1H3;/q;-1/p+1. The zero-order chi connectivity index (χ0) is 17.6. The third-order valence-electron chi connectivity index (χ3n) is 5.29. The summed E-state index contributed by atoms with van der Waals surface area (Å²) >= 11 is 0. The van der Waals surface area contributed by atoms with E-state index in [0.717, 1.165) is 11.3 Å². The summed E-state index contributed by atoms with van der Waals surface area (Å²) in [5.74, 6) is 0. The van der Waals surface area contributed by atoms with Crippen molar-refractivity contribution in [2.75, 3.05) is 0 Å². The lowest BCUT2D eigenvalue weighted by molar-refractivity contribution is 0.368. The summed E-state index contributed by atoms with van der Waals surface area (Å²) < 4.78 is 39.0. The number of halogens is 4. The molecule has 1 aromatic rings. The SMILES string of the molecule is CCc1ccc([PH+](C2CCCC2)C2CCCC2)cc1.F[B-](F)(F)F. The normalized spacial score (nSPS) is 19.6. The highest BCUT2D eigenvalue weighted by molar-refractivity contribution is 7.67. The molecule has 3 rings (SSSR count). The second kappa shape index (κ2) is 9.22. The number of hydrogen-bond acceptors (Lipinski definition) is 0.